The van der Waals surface area contributed by atoms with E-state index in [1.165, 1.54) is 43.2 Å². The Balaban J connectivity index is 1.70. The molecule has 1 fully saturated rings. The van der Waals surface area contributed by atoms with Crippen molar-refractivity contribution in [1.29, 1.82) is 0 Å². The van der Waals surface area contributed by atoms with Crippen molar-refractivity contribution in [2.24, 2.45) is 5.92 Å². The predicted molar refractivity (Wildman–Crippen MR) is 76.7 cm³/mol. The van der Waals surface area contributed by atoms with Gasteiger partial charge >= 0.3 is 0 Å². The zero-order chi connectivity index (χ0) is 12.8. The summed E-state index contributed by atoms with van der Waals surface area (Å²) in [5, 5.41) is 10.1. The molecule has 0 radical (unpaired) electrons. The Morgan fingerprint density at radius 2 is 1.78 bits per heavy atom. The number of hydrogen-bond donors (Lipinski definition) is 1. The van der Waals surface area contributed by atoms with Crippen molar-refractivity contribution in [1.82, 2.24) is 0 Å². The van der Waals surface area contributed by atoms with Gasteiger partial charge in [-0.3, -0.25) is 0 Å². The normalized spacial score (nSPS) is 18.8. The Hall–Kier alpha value is -0.820. The highest BCUT2D eigenvalue weighted by atomic mass is 16.3. The van der Waals surface area contributed by atoms with Gasteiger partial charge in [0.05, 0.1) is 6.10 Å². The molecule has 0 bridgehead atoms. The molecule has 1 aliphatic carbocycles. The number of benzene rings is 1. The fraction of sp³-hybridized carbons (Fsp3) is 0.647. The summed E-state index contributed by atoms with van der Waals surface area (Å²) >= 11 is 0. The molecule has 1 aliphatic rings. The Labute approximate surface area is 111 Å². The quantitative estimate of drug-likeness (QED) is 0.823. The third kappa shape index (κ3) is 4.45. The van der Waals surface area contributed by atoms with E-state index < -0.39 is 0 Å². The van der Waals surface area contributed by atoms with E-state index in [2.05, 4.69) is 31.2 Å². The van der Waals surface area contributed by atoms with Gasteiger partial charge in [0.15, 0.2) is 0 Å². The van der Waals surface area contributed by atoms with Gasteiger partial charge < -0.3 is 5.11 Å². The lowest BCUT2D eigenvalue weighted by Crippen LogP contribution is -2.16. The summed E-state index contributed by atoms with van der Waals surface area (Å²) in [5.41, 5.74) is 2.66. The van der Waals surface area contributed by atoms with E-state index in [1.54, 1.807) is 0 Å². The standard InChI is InChI=1S/C17H26O/c1-14-7-9-15(10-8-14)11-12-17(18)13-16-5-3-2-4-6-16/h7-10,16-18H,2-6,11-13H2,1H3. The first-order valence-corrected chi connectivity index (χ1v) is 7.47. The van der Waals surface area contributed by atoms with Crippen molar-refractivity contribution in [3.8, 4) is 0 Å². The summed E-state index contributed by atoms with van der Waals surface area (Å²) in [6.45, 7) is 2.11. The SMILES string of the molecule is Cc1ccc(CCC(O)CC2CCCCC2)cc1. The van der Waals surface area contributed by atoms with Crippen LogP contribution < -0.4 is 0 Å². The number of hydrogen-bond acceptors (Lipinski definition) is 1. The van der Waals surface area contributed by atoms with Crippen LogP contribution in [0.5, 0.6) is 0 Å². The average Bonchev–Trinajstić information content (AvgIpc) is 2.39. The zero-order valence-corrected chi connectivity index (χ0v) is 11.6. The molecule has 0 aliphatic heterocycles. The van der Waals surface area contributed by atoms with Gasteiger partial charge in [-0.1, -0.05) is 61.9 Å². The lowest BCUT2D eigenvalue weighted by molar-refractivity contribution is 0.122. The molecule has 18 heavy (non-hydrogen) atoms. The van der Waals surface area contributed by atoms with E-state index in [1.807, 2.05) is 0 Å². The molecule has 0 spiro atoms. The van der Waals surface area contributed by atoms with Crippen LogP contribution in [0, 0.1) is 12.8 Å². The van der Waals surface area contributed by atoms with Crippen LogP contribution in [0.3, 0.4) is 0 Å². The van der Waals surface area contributed by atoms with E-state index >= 15 is 0 Å². The van der Waals surface area contributed by atoms with Gasteiger partial charge in [0.2, 0.25) is 0 Å². The zero-order valence-electron chi connectivity index (χ0n) is 11.6. The Morgan fingerprint density at radius 3 is 2.44 bits per heavy atom. The minimum absolute atomic E-state index is 0.102. The first kappa shape index (κ1) is 13.6. The van der Waals surface area contributed by atoms with Crippen LogP contribution in [0.25, 0.3) is 0 Å². The molecule has 1 heteroatoms. The number of aliphatic hydroxyl groups is 1. The predicted octanol–water partition coefficient (Wildman–Crippen LogP) is 4.26. The Kier molecular flexibility index (Phi) is 5.25. The smallest absolute Gasteiger partial charge is 0.0546 e. The summed E-state index contributed by atoms with van der Waals surface area (Å²) < 4.78 is 0. The minimum atomic E-state index is -0.102. The van der Waals surface area contributed by atoms with E-state index in [9.17, 15) is 5.11 Å². The van der Waals surface area contributed by atoms with Crippen LogP contribution in [-0.4, -0.2) is 11.2 Å². The third-order valence-electron chi connectivity index (χ3n) is 4.22. The summed E-state index contributed by atoms with van der Waals surface area (Å²) in [6, 6.07) is 8.68. The number of aryl methyl sites for hydroxylation is 2. The van der Waals surface area contributed by atoms with Crippen molar-refractivity contribution in [2.45, 2.75) is 64.4 Å². The fourth-order valence-electron chi connectivity index (χ4n) is 3.01. The van der Waals surface area contributed by atoms with E-state index in [-0.39, 0.29) is 6.10 Å². The van der Waals surface area contributed by atoms with Crippen molar-refractivity contribution in [2.75, 3.05) is 0 Å². The van der Waals surface area contributed by atoms with Crippen molar-refractivity contribution in [3.05, 3.63) is 35.4 Å². The highest BCUT2D eigenvalue weighted by Gasteiger charge is 2.17. The second kappa shape index (κ2) is 6.94. The summed E-state index contributed by atoms with van der Waals surface area (Å²) in [7, 11) is 0. The highest BCUT2D eigenvalue weighted by molar-refractivity contribution is 5.21. The molecule has 1 aromatic carbocycles. The van der Waals surface area contributed by atoms with Crippen molar-refractivity contribution >= 4 is 0 Å². The second-order valence-corrected chi connectivity index (χ2v) is 5.92. The van der Waals surface area contributed by atoms with E-state index in [4.69, 9.17) is 0 Å². The molecule has 1 nitrogen and oxygen atoms in total. The molecule has 0 saturated heterocycles. The van der Waals surface area contributed by atoms with E-state index in [0.29, 0.717) is 0 Å². The third-order valence-corrected chi connectivity index (χ3v) is 4.22. The van der Waals surface area contributed by atoms with Crippen LogP contribution >= 0.6 is 0 Å². The average molecular weight is 246 g/mol. The first-order chi connectivity index (χ1) is 8.74. The summed E-state index contributed by atoms with van der Waals surface area (Å²) in [5.74, 6) is 0.784. The van der Waals surface area contributed by atoms with Gasteiger partial charge in [0.25, 0.3) is 0 Å². The van der Waals surface area contributed by atoms with Crippen molar-refractivity contribution < 1.29 is 5.11 Å². The van der Waals surface area contributed by atoms with Gasteiger partial charge in [-0.25, -0.2) is 0 Å². The van der Waals surface area contributed by atoms with Crippen LogP contribution in [0.15, 0.2) is 24.3 Å². The van der Waals surface area contributed by atoms with Crippen LogP contribution in [0.1, 0.15) is 56.1 Å². The van der Waals surface area contributed by atoms with Crippen LogP contribution in [-0.2, 0) is 6.42 Å². The molecule has 1 aromatic rings. The molecular formula is C17H26O. The summed E-state index contributed by atoms with van der Waals surface area (Å²) in [4.78, 5) is 0. The van der Waals surface area contributed by atoms with E-state index in [0.717, 1.165) is 25.2 Å². The largest absolute Gasteiger partial charge is 0.393 e. The highest BCUT2D eigenvalue weighted by Crippen LogP contribution is 2.28. The van der Waals surface area contributed by atoms with Crippen molar-refractivity contribution in [3.63, 3.8) is 0 Å². The molecule has 100 valence electrons. The molecule has 0 amide bonds. The monoisotopic (exact) mass is 246 g/mol. The fourth-order valence-corrected chi connectivity index (χ4v) is 3.01. The maximum atomic E-state index is 10.1. The lowest BCUT2D eigenvalue weighted by atomic mass is 9.84. The van der Waals surface area contributed by atoms with Gasteiger partial charge in [-0.2, -0.15) is 0 Å². The maximum absolute atomic E-state index is 10.1. The topological polar surface area (TPSA) is 20.2 Å². The molecule has 2 rings (SSSR count). The van der Waals surface area contributed by atoms with Crippen LogP contribution in [0.2, 0.25) is 0 Å². The first-order valence-electron chi connectivity index (χ1n) is 7.47. The van der Waals surface area contributed by atoms with Gasteiger partial charge in [0, 0.05) is 0 Å². The molecule has 1 atom stereocenters. The second-order valence-electron chi connectivity index (χ2n) is 5.92. The molecule has 1 saturated carbocycles. The Morgan fingerprint density at radius 1 is 1.11 bits per heavy atom. The number of aliphatic hydroxyl groups excluding tert-OH is 1. The van der Waals surface area contributed by atoms with Gasteiger partial charge in [-0.15, -0.1) is 0 Å². The minimum Gasteiger partial charge on any atom is -0.393 e. The maximum Gasteiger partial charge on any atom is 0.0546 e. The lowest BCUT2D eigenvalue weighted by Gasteiger charge is -2.24. The van der Waals surface area contributed by atoms with Crippen LogP contribution in [0.4, 0.5) is 0 Å². The molecular weight excluding hydrogens is 220 g/mol. The molecule has 1 N–H and O–H groups in total. The van der Waals surface area contributed by atoms with Gasteiger partial charge in [0.1, 0.15) is 0 Å². The molecule has 0 aromatic heterocycles. The van der Waals surface area contributed by atoms with Gasteiger partial charge in [-0.05, 0) is 37.7 Å². The molecule has 0 heterocycles. The summed E-state index contributed by atoms with van der Waals surface area (Å²) in [6.07, 6.45) is 9.65. The Bertz CT molecular complexity index is 335. The number of rotatable bonds is 5. The molecule has 1 unspecified atom stereocenters.